The number of aryl methyl sites for hydroxylation is 1. The minimum absolute atomic E-state index is 0.00836. The normalized spacial score (nSPS) is 17.5. The summed E-state index contributed by atoms with van der Waals surface area (Å²) in [7, 11) is 0. The van der Waals surface area contributed by atoms with Crippen molar-refractivity contribution in [3.63, 3.8) is 0 Å². The Bertz CT molecular complexity index is 460. The summed E-state index contributed by atoms with van der Waals surface area (Å²) < 4.78 is 5.09. The van der Waals surface area contributed by atoms with Crippen molar-refractivity contribution < 1.29 is 9.32 Å². The topological polar surface area (TPSA) is 58.4 Å². The first-order valence-electron chi connectivity index (χ1n) is 7.90. The molecule has 118 valence electrons. The highest BCUT2D eigenvalue weighted by molar-refractivity contribution is 5.78. The molecule has 0 spiro atoms. The van der Waals surface area contributed by atoms with E-state index in [2.05, 4.69) is 29.2 Å². The second kappa shape index (κ2) is 7.07. The van der Waals surface area contributed by atoms with Gasteiger partial charge in [-0.3, -0.25) is 4.79 Å². The van der Waals surface area contributed by atoms with Crippen LogP contribution in [0, 0.1) is 6.92 Å². The first-order chi connectivity index (χ1) is 9.94. The SMILES string of the molecule is Cc1cc(CC(=O)NC(C)(C)CN2CCCCCC2)on1. The molecule has 0 radical (unpaired) electrons. The number of nitrogens with zero attached hydrogens (tertiary/aromatic N) is 2. The van der Waals surface area contributed by atoms with E-state index in [1.54, 1.807) is 6.07 Å². The van der Waals surface area contributed by atoms with Gasteiger partial charge < -0.3 is 14.7 Å². The van der Waals surface area contributed by atoms with Crippen LogP contribution in [0.4, 0.5) is 0 Å². The molecule has 0 unspecified atom stereocenters. The number of nitrogens with one attached hydrogen (secondary N) is 1. The summed E-state index contributed by atoms with van der Waals surface area (Å²) in [6.45, 7) is 9.20. The molecule has 2 rings (SSSR count). The van der Waals surface area contributed by atoms with E-state index in [1.165, 1.54) is 25.7 Å². The van der Waals surface area contributed by atoms with Crippen LogP contribution < -0.4 is 5.32 Å². The summed E-state index contributed by atoms with van der Waals surface area (Å²) in [5.74, 6) is 0.613. The fourth-order valence-corrected chi connectivity index (χ4v) is 2.97. The third-order valence-corrected chi connectivity index (χ3v) is 3.81. The number of aromatic nitrogens is 1. The summed E-state index contributed by atoms with van der Waals surface area (Å²) in [5.41, 5.74) is 0.581. The average Bonchev–Trinajstić information content (AvgIpc) is 2.62. The van der Waals surface area contributed by atoms with Gasteiger partial charge in [-0.15, -0.1) is 0 Å². The van der Waals surface area contributed by atoms with Crippen LogP contribution in [-0.2, 0) is 11.2 Å². The molecule has 2 heterocycles. The molecule has 1 amide bonds. The molecular weight excluding hydrogens is 266 g/mol. The predicted molar refractivity (Wildman–Crippen MR) is 82.1 cm³/mol. The maximum absolute atomic E-state index is 12.1. The summed E-state index contributed by atoms with van der Waals surface area (Å²) in [6, 6.07) is 1.81. The number of rotatable bonds is 5. The standard InChI is InChI=1S/C16H27N3O2/c1-13-10-14(21-18-13)11-15(20)17-16(2,3)12-19-8-6-4-5-7-9-19/h10H,4-9,11-12H2,1-3H3,(H,17,20). The van der Waals surface area contributed by atoms with Crippen molar-refractivity contribution in [2.75, 3.05) is 19.6 Å². The molecule has 1 aromatic rings. The molecule has 0 aromatic carbocycles. The number of hydrogen-bond acceptors (Lipinski definition) is 4. The Balaban J connectivity index is 1.82. The van der Waals surface area contributed by atoms with Gasteiger partial charge in [-0.05, 0) is 46.7 Å². The first-order valence-corrected chi connectivity index (χ1v) is 7.90. The molecule has 5 heteroatoms. The van der Waals surface area contributed by atoms with Gasteiger partial charge in [-0.25, -0.2) is 0 Å². The van der Waals surface area contributed by atoms with Gasteiger partial charge >= 0.3 is 0 Å². The van der Waals surface area contributed by atoms with Crippen LogP contribution in [0.1, 0.15) is 51.0 Å². The molecule has 1 aliphatic rings. The van der Waals surface area contributed by atoms with Gasteiger partial charge in [0.2, 0.25) is 5.91 Å². The number of carbonyl (C=O) groups excluding carboxylic acids is 1. The van der Waals surface area contributed by atoms with Gasteiger partial charge in [-0.2, -0.15) is 0 Å². The second-order valence-electron chi connectivity index (χ2n) is 6.73. The predicted octanol–water partition coefficient (Wildman–Crippen LogP) is 2.30. The zero-order valence-electron chi connectivity index (χ0n) is 13.4. The lowest BCUT2D eigenvalue weighted by Crippen LogP contribution is -2.52. The van der Waals surface area contributed by atoms with Crippen molar-refractivity contribution >= 4 is 5.91 Å². The fraction of sp³-hybridized carbons (Fsp3) is 0.750. The van der Waals surface area contributed by atoms with Crippen LogP contribution in [0.15, 0.2) is 10.6 Å². The largest absolute Gasteiger partial charge is 0.361 e. The minimum Gasteiger partial charge on any atom is -0.361 e. The van der Waals surface area contributed by atoms with Gasteiger partial charge in [0, 0.05) is 18.2 Å². The van der Waals surface area contributed by atoms with Crippen molar-refractivity contribution in [3.05, 3.63) is 17.5 Å². The van der Waals surface area contributed by atoms with Gasteiger partial charge in [0.05, 0.1) is 12.1 Å². The van der Waals surface area contributed by atoms with Crippen LogP contribution in [-0.4, -0.2) is 41.1 Å². The Morgan fingerprint density at radius 2 is 2.00 bits per heavy atom. The number of hydrogen-bond donors (Lipinski definition) is 1. The number of amides is 1. The van der Waals surface area contributed by atoms with Gasteiger partial charge in [-0.1, -0.05) is 18.0 Å². The molecule has 5 nitrogen and oxygen atoms in total. The Kier molecular flexibility index (Phi) is 5.39. The quantitative estimate of drug-likeness (QED) is 0.905. The van der Waals surface area contributed by atoms with E-state index in [4.69, 9.17) is 4.52 Å². The lowest BCUT2D eigenvalue weighted by molar-refractivity contribution is -0.122. The van der Waals surface area contributed by atoms with Crippen molar-refractivity contribution in [1.82, 2.24) is 15.4 Å². The molecular formula is C16H27N3O2. The van der Waals surface area contributed by atoms with Crippen molar-refractivity contribution in [2.45, 2.75) is 58.4 Å². The third-order valence-electron chi connectivity index (χ3n) is 3.81. The van der Waals surface area contributed by atoms with E-state index < -0.39 is 0 Å². The van der Waals surface area contributed by atoms with E-state index in [0.717, 1.165) is 25.3 Å². The molecule has 0 bridgehead atoms. The van der Waals surface area contributed by atoms with Gasteiger partial charge in [0.25, 0.3) is 0 Å². The van der Waals surface area contributed by atoms with E-state index >= 15 is 0 Å². The highest BCUT2D eigenvalue weighted by Crippen LogP contribution is 2.14. The zero-order valence-corrected chi connectivity index (χ0v) is 13.4. The minimum atomic E-state index is -0.226. The average molecular weight is 293 g/mol. The number of carbonyl (C=O) groups is 1. The monoisotopic (exact) mass is 293 g/mol. The maximum atomic E-state index is 12.1. The highest BCUT2D eigenvalue weighted by Gasteiger charge is 2.24. The lowest BCUT2D eigenvalue weighted by Gasteiger charge is -2.32. The Morgan fingerprint density at radius 3 is 2.57 bits per heavy atom. The Morgan fingerprint density at radius 1 is 1.33 bits per heavy atom. The molecule has 0 saturated carbocycles. The molecule has 1 aliphatic heterocycles. The molecule has 0 atom stereocenters. The Hall–Kier alpha value is -1.36. The highest BCUT2D eigenvalue weighted by atomic mass is 16.5. The van der Waals surface area contributed by atoms with Crippen molar-refractivity contribution in [2.24, 2.45) is 0 Å². The van der Waals surface area contributed by atoms with Gasteiger partial charge in [0.15, 0.2) is 0 Å². The molecule has 21 heavy (non-hydrogen) atoms. The molecule has 0 aliphatic carbocycles. The summed E-state index contributed by atoms with van der Waals surface area (Å²) in [4.78, 5) is 14.6. The molecule has 1 fully saturated rings. The second-order valence-corrected chi connectivity index (χ2v) is 6.73. The van der Waals surface area contributed by atoms with Crippen LogP contribution in [0.3, 0.4) is 0 Å². The Labute approximate surface area is 127 Å². The summed E-state index contributed by atoms with van der Waals surface area (Å²) in [6.07, 6.45) is 5.44. The molecule has 1 saturated heterocycles. The van der Waals surface area contributed by atoms with Crippen molar-refractivity contribution in [3.8, 4) is 0 Å². The molecule has 1 aromatic heterocycles. The fourth-order valence-electron chi connectivity index (χ4n) is 2.97. The van der Waals surface area contributed by atoms with E-state index in [-0.39, 0.29) is 17.9 Å². The summed E-state index contributed by atoms with van der Waals surface area (Å²) in [5, 5.41) is 6.92. The van der Waals surface area contributed by atoms with E-state index in [9.17, 15) is 4.79 Å². The maximum Gasteiger partial charge on any atom is 0.228 e. The van der Waals surface area contributed by atoms with Crippen LogP contribution in [0.5, 0.6) is 0 Å². The van der Waals surface area contributed by atoms with Crippen LogP contribution >= 0.6 is 0 Å². The lowest BCUT2D eigenvalue weighted by atomic mass is 10.0. The van der Waals surface area contributed by atoms with Crippen LogP contribution in [0.25, 0.3) is 0 Å². The zero-order chi connectivity index (χ0) is 15.3. The van der Waals surface area contributed by atoms with Crippen LogP contribution in [0.2, 0.25) is 0 Å². The smallest absolute Gasteiger partial charge is 0.228 e. The van der Waals surface area contributed by atoms with Gasteiger partial charge in [0.1, 0.15) is 5.76 Å². The molecule has 1 N–H and O–H groups in total. The summed E-state index contributed by atoms with van der Waals surface area (Å²) >= 11 is 0. The van der Waals surface area contributed by atoms with E-state index in [0.29, 0.717) is 5.76 Å². The number of likely N-dealkylation sites (tertiary alicyclic amines) is 1. The first kappa shape index (κ1) is 16.0. The third kappa shape index (κ3) is 5.50. The van der Waals surface area contributed by atoms with Crippen molar-refractivity contribution in [1.29, 1.82) is 0 Å². The van der Waals surface area contributed by atoms with E-state index in [1.807, 2.05) is 6.92 Å².